The third kappa shape index (κ3) is 2.61. The van der Waals surface area contributed by atoms with E-state index >= 15 is 0 Å². The van der Waals surface area contributed by atoms with Crippen molar-refractivity contribution >= 4 is 11.8 Å². The number of aromatic nitrogens is 3. The van der Waals surface area contributed by atoms with Crippen LogP contribution in [0.15, 0.2) is 29.4 Å². The third-order valence-electron chi connectivity index (χ3n) is 2.00. The number of benzene rings is 1. The van der Waals surface area contributed by atoms with E-state index in [4.69, 9.17) is 5.26 Å². The van der Waals surface area contributed by atoms with E-state index in [0.29, 0.717) is 5.56 Å². The second kappa shape index (κ2) is 4.81. The summed E-state index contributed by atoms with van der Waals surface area (Å²) in [6.07, 6.45) is 0. The lowest BCUT2D eigenvalue weighted by Crippen LogP contribution is -1.83. The third-order valence-corrected chi connectivity index (χ3v) is 2.92. The first-order valence-corrected chi connectivity index (χ1v) is 5.77. The minimum atomic E-state index is 0.685. The van der Waals surface area contributed by atoms with E-state index < -0.39 is 0 Å². The molecule has 0 amide bonds. The molecule has 0 bridgehead atoms. The maximum Gasteiger partial charge on any atom is 0.208 e. The maximum atomic E-state index is 8.76. The van der Waals surface area contributed by atoms with Crippen LogP contribution in [0.4, 0.5) is 0 Å². The second-order valence-electron chi connectivity index (χ2n) is 3.30. The molecule has 0 unspecified atom stereocenters. The fraction of sp³-hybridized carbons (Fsp3) is 0.182. The van der Waals surface area contributed by atoms with Gasteiger partial charge < -0.3 is 0 Å². The van der Waals surface area contributed by atoms with Crippen molar-refractivity contribution in [3.8, 4) is 6.07 Å². The van der Waals surface area contributed by atoms with Crippen LogP contribution < -0.4 is 0 Å². The monoisotopic (exact) mass is 230 g/mol. The predicted molar refractivity (Wildman–Crippen MR) is 61.8 cm³/mol. The number of nitrogens with one attached hydrogen (secondary N) is 1. The number of nitriles is 1. The van der Waals surface area contributed by atoms with Crippen molar-refractivity contribution in [3.63, 3.8) is 0 Å². The normalized spacial score (nSPS) is 10.0. The molecule has 0 aliphatic carbocycles. The molecule has 16 heavy (non-hydrogen) atoms. The van der Waals surface area contributed by atoms with Gasteiger partial charge >= 0.3 is 0 Å². The van der Waals surface area contributed by atoms with Gasteiger partial charge in [-0.1, -0.05) is 23.9 Å². The molecule has 0 saturated carbocycles. The summed E-state index contributed by atoms with van der Waals surface area (Å²) in [5, 5.41) is 16.3. The Hall–Kier alpha value is -1.80. The first kappa shape index (κ1) is 10.7. The van der Waals surface area contributed by atoms with Gasteiger partial charge in [-0.15, -0.1) is 5.10 Å². The molecule has 1 heterocycles. The number of hydrogen-bond acceptors (Lipinski definition) is 4. The van der Waals surface area contributed by atoms with Gasteiger partial charge in [0.25, 0.3) is 0 Å². The van der Waals surface area contributed by atoms with Crippen molar-refractivity contribution in [2.75, 3.05) is 0 Å². The molecule has 1 aromatic heterocycles. The highest BCUT2D eigenvalue weighted by atomic mass is 32.2. The number of nitrogens with zero attached hydrogens (tertiary/aromatic N) is 3. The van der Waals surface area contributed by atoms with Crippen LogP contribution in [0, 0.1) is 18.3 Å². The average molecular weight is 230 g/mol. The van der Waals surface area contributed by atoms with Crippen LogP contribution in [0.25, 0.3) is 0 Å². The van der Waals surface area contributed by atoms with Gasteiger partial charge in [-0.2, -0.15) is 5.26 Å². The van der Waals surface area contributed by atoms with Gasteiger partial charge in [-0.25, -0.2) is 4.98 Å². The lowest BCUT2D eigenvalue weighted by Gasteiger charge is -1.98. The summed E-state index contributed by atoms with van der Waals surface area (Å²) in [6.45, 7) is 1.87. The van der Waals surface area contributed by atoms with Gasteiger partial charge in [0, 0.05) is 5.75 Å². The standard InChI is InChI=1S/C11H10N4S/c1-8-13-11(15-14-8)16-7-10-4-2-3-9(5-10)6-12/h2-5H,7H2,1H3,(H,13,14,15). The molecule has 0 radical (unpaired) electrons. The Balaban J connectivity index is 2.02. The quantitative estimate of drug-likeness (QED) is 0.821. The number of aromatic amines is 1. The number of aryl methyl sites for hydroxylation is 1. The molecule has 1 aromatic carbocycles. The minimum Gasteiger partial charge on any atom is -0.262 e. The van der Waals surface area contributed by atoms with E-state index in [1.807, 2.05) is 25.1 Å². The van der Waals surface area contributed by atoms with Crippen LogP contribution in [-0.4, -0.2) is 15.2 Å². The van der Waals surface area contributed by atoms with Gasteiger partial charge in [0.05, 0.1) is 11.6 Å². The summed E-state index contributed by atoms with van der Waals surface area (Å²) in [6, 6.07) is 9.68. The molecule has 0 aliphatic heterocycles. The molecule has 5 heteroatoms. The molecule has 0 saturated heterocycles. The fourth-order valence-corrected chi connectivity index (χ4v) is 2.05. The number of hydrogen-bond donors (Lipinski definition) is 1. The van der Waals surface area contributed by atoms with E-state index in [0.717, 1.165) is 22.3 Å². The fourth-order valence-electron chi connectivity index (χ4n) is 1.27. The highest BCUT2D eigenvalue weighted by Crippen LogP contribution is 2.19. The Morgan fingerprint density at radius 2 is 2.38 bits per heavy atom. The van der Waals surface area contributed by atoms with Gasteiger partial charge in [-0.05, 0) is 24.6 Å². The maximum absolute atomic E-state index is 8.76. The van der Waals surface area contributed by atoms with Crippen LogP contribution in [0.1, 0.15) is 17.0 Å². The molecule has 0 atom stereocenters. The molecule has 2 aromatic rings. The zero-order valence-electron chi connectivity index (χ0n) is 8.77. The first-order valence-electron chi connectivity index (χ1n) is 4.79. The molecule has 0 spiro atoms. The highest BCUT2D eigenvalue weighted by molar-refractivity contribution is 7.98. The van der Waals surface area contributed by atoms with Crippen molar-refractivity contribution < 1.29 is 0 Å². The zero-order chi connectivity index (χ0) is 11.4. The van der Waals surface area contributed by atoms with Gasteiger partial charge in [-0.3, -0.25) is 5.10 Å². The predicted octanol–water partition coefficient (Wildman–Crippen LogP) is 2.28. The van der Waals surface area contributed by atoms with E-state index in [9.17, 15) is 0 Å². The van der Waals surface area contributed by atoms with Gasteiger partial charge in [0.1, 0.15) is 5.82 Å². The lowest BCUT2D eigenvalue weighted by molar-refractivity contribution is 0.969. The molecule has 2 rings (SSSR count). The Morgan fingerprint density at radius 3 is 3.06 bits per heavy atom. The van der Waals surface area contributed by atoms with E-state index in [1.165, 1.54) is 0 Å². The van der Waals surface area contributed by atoms with Gasteiger partial charge in [0.15, 0.2) is 0 Å². The summed E-state index contributed by atoms with van der Waals surface area (Å²) < 4.78 is 0. The Kier molecular flexibility index (Phi) is 3.22. The SMILES string of the molecule is Cc1nc(SCc2cccc(C#N)c2)n[nH]1. The zero-order valence-corrected chi connectivity index (χ0v) is 9.58. The molecular weight excluding hydrogens is 220 g/mol. The molecule has 80 valence electrons. The molecule has 0 aliphatic rings. The van der Waals surface area contributed by atoms with Crippen molar-refractivity contribution in [2.24, 2.45) is 0 Å². The molecule has 0 fully saturated rings. The van der Waals surface area contributed by atoms with Crippen LogP contribution in [0.2, 0.25) is 0 Å². The summed E-state index contributed by atoms with van der Waals surface area (Å²) in [5.41, 5.74) is 1.79. The second-order valence-corrected chi connectivity index (χ2v) is 4.25. The van der Waals surface area contributed by atoms with Crippen molar-refractivity contribution in [1.29, 1.82) is 5.26 Å². The van der Waals surface area contributed by atoms with Crippen molar-refractivity contribution in [2.45, 2.75) is 17.8 Å². The van der Waals surface area contributed by atoms with Crippen LogP contribution in [0.3, 0.4) is 0 Å². The van der Waals surface area contributed by atoms with Crippen LogP contribution in [-0.2, 0) is 5.75 Å². The van der Waals surface area contributed by atoms with E-state index in [2.05, 4.69) is 21.3 Å². The van der Waals surface area contributed by atoms with Crippen LogP contribution >= 0.6 is 11.8 Å². The largest absolute Gasteiger partial charge is 0.262 e. The Bertz CT molecular complexity index is 527. The molecular formula is C11H10N4S. The van der Waals surface area contributed by atoms with E-state index in [1.54, 1.807) is 17.8 Å². The van der Waals surface area contributed by atoms with Crippen molar-refractivity contribution in [3.05, 3.63) is 41.2 Å². The summed E-state index contributed by atoms with van der Waals surface area (Å²) >= 11 is 1.55. The Labute approximate surface area is 97.7 Å². The smallest absolute Gasteiger partial charge is 0.208 e. The highest BCUT2D eigenvalue weighted by Gasteiger charge is 2.01. The summed E-state index contributed by atoms with van der Waals surface area (Å²) in [7, 11) is 0. The minimum absolute atomic E-state index is 0.685. The molecule has 1 N–H and O–H groups in total. The summed E-state index contributed by atoms with van der Waals surface area (Å²) in [5.74, 6) is 1.58. The van der Waals surface area contributed by atoms with Gasteiger partial charge in [0.2, 0.25) is 5.16 Å². The Morgan fingerprint density at radius 1 is 1.50 bits per heavy atom. The van der Waals surface area contributed by atoms with E-state index in [-0.39, 0.29) is 0 Å². The summed E-state index contributed by atoms with van der Waals surface area (Å²) in [4.78, 5) is 4.20. The topological polar surface area (TPSA) is 65.4 Å². The number of H-pyrrole nitrogens is 1. The average Bonchev–Trinajstić information content (AvgIpc) is 2.73. The van der Waals surface area contributed by atoms with Crippen molar-refractivity contribution in [1.82, 2.24) is 15.2 Å². The lowest BCUT2D eigenvalue weighted by atomic mass is 10.2. The number of thioether (sulfide) groups is 1. The van der Waals surface area contributed by atoms with Crippen LogP contribution in [0.5, 0.6) is 0 Å². The molecule has 4 nitrogen and oxygen atoms in total. The number of rotatable bonds is 3. The first-order chi connectivity index (χ1) is 7.78.